The number of nitrogen functional groups attached to an aromatic ring is 1. The summed E-state index contributed by atoms with van der Waals surface area (Å²) in [6.45, 7) is 1.99. The topological polar surface area (TPSA) is 85.8 Å². The molecule has 0 bridgehead atoms. The Bertz CT molecular complexity index is 781. The van der Waals surface area contributed by atoms with Crippen LogP contribution in [0.3, 0.4) is 0 Å². The summed E-state index contributed by atoms with van der Waals surface area (Å²) in [5.74, 6) is 5.76. The third-order valence-corrected chi connectivity index (χ3v) is 4.23. The van der Waals surface area contributed by atoms with Crippen LogP contribution >= 0.6 is 0 Å². The summed E-state index contributed by atoms with van der Waals surface area (Å²) in [4.78, 5) is 9.21. The van der Waals surface area contributed by atoms with Gasteiger partial charge in [0.1, 0.15) is 5.52 Å². The van der Waals surface area contributed by atoms with Crippen molar-refractivity contribution < 1.29 is 4.21 Å². The van der Waals surface area contributed by atoms with Gasteiger partial charge in [-0.1, -0.05) is 17.7 Å². The van der Waals surface area contributed by atoms with Gasteiger partial charge >= 0.3 is 0 Å². The Morgan fingerprint density at radius 2 is 2.00 bits per heavy atom. The maximum Gasteiger partial charge on any atom is 0.171 e. The highest BCUT2D eigenvalue weighted by Crippen LogP contribution is 2.18. The summed E-state index contributed by atoms with van der Waals surface area (Å²) >= 11 is 0. The fourth-order valence-electron chi connectivity index (χ4n) is 1.86. The Balaban J connectivity index is 2.05. The lowest BCUT2D eigenvalue weighted by Crippen LogP contribution is -2.09. The van der Waals surface area contributed by atoms with Gasteiger partial charge in [0.25, 0.3) is 0 Å². The average molecular weight is 287 g/mol. The molecular weight excluding hydrogens is 274 g/mol. The van der Waals surface area contributed by atoms with Crippen LogP contribution in [0.4, 0.5) is 5.82 Å². The zero-order chi connectivity index (χ0) is 14.1. The predicted octanol–water partition coefficient (Wildman–Crippen LogP) is 1.60. The number of nitrogens with one attached hydrogen (secondary N) is 1. The molecule has 3 aromatic rings. The van der Waals surface area contributed by atoms with Crippen LogP contribution in [0, 0.1) is 6.92 Å². The number of fused-ring (bicyclic) bond motifs is 1. The molecule has 2 heterocycles. The van der Waals surface area contributed by atoms with E-state index in [1.807, 2.05) is 31.2 Å². The smallest absolute Gasteiger partial charge is 0.171 e. The van der Waals surface area contributed by atoms with E-state index in [9.17, 15) is 4.21 Å². The van der Waals surface area contributed by atoms with Crippen LogP contribution < -0.4 is 11.3 Å². The molecule has 0 amide bonds. The van der Waals surface area contributed by atoms with Gasteiger partial charge in [0.2, 0.25) is 0 Å². The number of hydrogen-bond donors (Lipinski definition) is 2. The van der Waals surface area contributed by atoms with Crippen molar-refractivity contribution in [2.75, 3.05) is 5.43 Å². The number of anilines is 1. The molecule has 2 aromatic heterocycles. The summed E-state index contributed by atoms with van der Waals surface area (Å²) < 4.78 is 14.1. The SMILES string of the molecule is Cc1ccc(S(=O)n2ccc3nc(NN)cnc32)cc1. The van der Waals surface area contributed by atoms with Gasteiger partial charge in [-0.15, -0.1) is 0 Å². The van der Waals surface area contributed by atoms with Crippen molar-refractivity contribution in [3.05, 3.63) is 48.3 Å². The van der Waals surface area contributed by atoms with E-state index in [4.69, 9.17) is 5.84 Å². The van der Waals surface area contributed by atoms with Crippen LogP contribution in [0.5, 0.6) is 0 Å². The lowest BCUT2D eigenvalue weighted by atomic mass is 10.2. The maximum absolute atomic E-state index is 12.6. The molecule has 1 aromatic carbocycles. The summed E-state index contributed by atoms with van der Waals surface area (Å²) in [5.41, 5.74) is 4.76. The highest BCUT2D eigenvalue weighted by Gasteiger charge is 2.12. The molecule has 0 saturated carbocycles. The molecule has 0 saturated heterocycles. The monoisotopic (exact) mass is 287 g/mol. The Hall–Kier alpha value is -2.25. The second-order valence-corrected chi connectivity index (χ2v) is 5.68. The quantitative estimate of drug-likeness (QED) is 0.564. The molecule has 1 unspecified atom stereocenters. The molecular formula is C13H13N5OS. The van der Waals surface area contributed by atoms with Crippen molar-refractivity contribution in [1.29, 1.82) is 0 Å². The molecule has 0 fully saturated rings. The largest absolute Gasteiger partial charge is 0.307 e. The zero-order valence-electron chi connectivity index (χ0n) is 10.8. The van der Waals surface area contributed by atoms with Gasteiger partial charge in [-0.25, -0.2) is 24.0 Å². The first-order valence-corrected chi connectivity index (χ1v) is 7.09. The minimum Gasteiger partial charge on any atom is -0.307 e. The van der Waals surface area contributed by atoms with Crippen molar-refractivity contribution >= 4 is 28.0 Å². The van der Waals surface area contributed by atoms with E-state index >= 15 is 0 Å². The normalized spacial score (nSPS) is 12.5. The summed E-state index contributed by atoms with van der Waals surface area (Å²) in [6.07, 6.45) is 3.21. The Morgan fingerprint density at radius 1 is 1.25 bits per heavy atom. The molecule has 102 valence electrons. The molecule has 6 nitrogen and oxygen atoms in total. The number of aromatic nitrogens is 3. The van der Waals surface area contributed by atoms with E-state index in [0.29, 0.717) is 17.0 Å². The molecule has 0 aliphatic heterocycles. The van der Waals surface area contributed by atoms with Crippen LogP contribution in [0.15, 0.2) is 47.6 Å². The molecule has 7 heteroatoms. The van der Waals surface area contributed by atoms with Crippen molar-refractivity contribution in [3.8, 4) is 0 Å². The van der Waals surface area contributed by atoms with E-state index < -0.39 is 11.0 Å². The predicted molar refractivity (Wildman–Crippen MR) is 78.3 cm³/mol. The number of nitrogens with zero attached hydrogens (tertiary/aromatic N) is 3. The van der Waals surface area contributed by atoms with Gasteiger partial charge in [-0.05, 0) is 25.1 Å². The van der Waals surface area contributed by atoms with Crippen LogP contribution in [-0.4, -0.2) is 18.1 Å². The Kier molecular flexibility index (Phi) is 3.21. The van der Waals surface area contributed by atoms with E-state index in [1.165, 1.54) is 6.20 Å². The third-order valence-electron chi connectivity index (χ3n) is 2.90. The maximum atomic E-state index is 12.6. The average Bonchev–Trinajstić information content (AvgIpc) is 2.90. The lowest BCUT2D eigenvalue weighted by Gasteiger charge is -2.05. The second kappa shape index (κ2) is 5.03. The molecule has 0 aliphatic carbocycles. The fraction of sp³-hybridized carbons (Fsp3) is 0.0769. The van der Waals surface area contributed by atoms with Crippen LogP contribution in [0.25, 0.3) is 11.2 Å². The van der Waals surface area contributed by atoms with E-state index in [0.717, 1.165) is 10.5 Å². The first-order valence-electron chi connectivity index (χ1n) is 5.98. The van der Waals surface area contributed by atoms with E-state index in [1.54, 1.807) is 16.2 Å². The van der Waals surface area contributed by atoms with Gasteiger partial charge in [0.15, 0.2) is 22.5 Å². The molecule has 0 aliphatic rings. The first kappa shape index (κ1) is 12.8. The van der Waals surface area contributed by atoms with Crippen molar-refractivity contribution in [1.82, 2.24) is 13.9 Å². The summed E-state index contributed by atoms with van der Waals surface area (Å²) in [7, 11) is -1.34. The van der Waals surface area contributed by atoms with Crippen LogP contribution in [-0.2, 0) is 11.0 Å². The minimum absolute atomic E-state index is 0.469. The molecule has 0 radical (unpaired) electrons. The zero-order valence-corrected chi connectivity index (χ0v) is 11.6. The Morgan fingerprint density at radius 3 is 2.70 bits per heavy atom. The Labute approximate surface area is 118 Å². The van der Waals surface area contributed by atoms with Gasteiger partial charge in [-0.2, -0.15) is 0 Å². The molecule has 1 atom stereocenters. The number of rotatable bonds is 3. The molecule has 20 heavy (non-hydrogen) atoms. The second-order valence-electron chi connectivity index (χ2n) is 4.31. The van der Waals surface area contributed by atoms with Gasteiger partial charge in [-0.3, -0.25) is 0 Å². The van der Waals surface area contributed by atoms with Gasteiger partial charge < -0.3 is 5.43 Å². The van der Waals surface area contributed by atoms with E-state index in [2.05, 4.69) is 15.4 Å². The van der Waals surface area contributed by atoms with Gasteiger partial charge in [0, 0.05) is 6.20 Å². The first-order chi connectivity index (χ1) is 9.69. The standard InChI is InChI=1S/C13H13N5OS/c1-9-2-4-10(5-3-9)20(19)18-7-6-11-13(18)15-8-12(16-11)17-14/h2-8H,14H2,1H3,(H,16,17). The van der Waals surface area contributed by atoms with E-state index in [-0.39, 0.29) is 0 Å². The minimum atomic E-state index is -1.34. The summed E-state index contributed by atoms with van der Waals surface area (Å²) in [6, 6.07) is 9.32. The summed E-state index contributed by atoms with van der Waals surface area (Å²) in [5, 5.41) is 0. The van der Waals surface area contributed by atoms with Crippen molar-refractivity contribution in [3.63, 3.8) is 0 Å². The third kappa shape index (κ3) is 2.17. The number of nitrogens with two attached hydrogens (primary N) is 1. The fourth-order valence-corrected chi connectivity index (χ4v) is 2.92. The van der Waals surface area contributed by atoms with Crippen molar-refractivity contribution in [2.24, 2.45) is 5.84 Å². The molecule has 0 spiro atoms. The number of hydrogen-bond acceptors (Lipinski definition) is 5. The number of hydrazine groups is 1. The molecule has 3 rings (SSSR count). The van der Waals surface area contributed by atoms with Crippen LogP contribution in [0.2, 0.25) is 0 Å². The lowest BCUT2D eigenvalue weighted by molar-refractivity contribution is 0.678. The van der Waals surface area contributed by atoms with Crippen LogP contribution in [0.1, 0.15) is 5.56 Å². The molecule has 3 N–H and O–H groups in total. The number of aryl methyl sites for hydroxylation is 1. The highest BCUT2D eigenvalue weighted by molar-refractivity contribution is 7.83. The highest BCUT2D eigenvalue weighted by atomic mass is 32.2. The number of benzene rings is 1. The van der Waals surface area contributed by atoms with Crippen molar-refractivity contribution in [2.45, 2.75) is 11.8 Å². The van der Waals surface area contributed by atoms with Gasteiger partial charge in [0.05, 0.1) is 11.1 Å².